The Labute approximate surface area is 112 Å². The van der Waals surface area contributed by atoms with Crippen molar-refractivity contribution in [1.29, 1.82) is 0 Å². The first-order chi connectivity index (χ1) is 8.48. The molecular formula is C16H28N2. The van der Waals surface area contributed by atoms with Crippen LogP contribution in [0, 0.1) is 0 Å². The smallest absolute Gasteiger partial charge is 0.0300 e. The Morgan fingerprint density at radius 1 is 1.17 bits per heavy atom. The zero-order chi connectivity index (χ0) is 13.6. The molecule has 1 atom stereocenters. The maximum atomic E-state index is 3.47. The molecule has 0 aliphatic rings. The number of rotatable bonds is 7. The van der Waals surface area contributed by atoms with Gasteiger partial charge < -0.3 is 10.2 Å². The lowest BCUT2D eigenvalue weighted by Gasteiger charge is -2.40. The lowest BCUT2D eigenvalue weighted by molar-refractivity contribution is 0.135. The predicted octanol–water partition coefficient (Wildman–Crippen LogP) is 2.94. The molecule has 102 valence electrons. The third-order valence-electron chi connectivity index (χ3n) is 4.15. The number of hydrogen-bond acceptors (Lipinski definition) is 2. The minimum atomic E-state index is 0.186. The van der Waals surface area contributed by atoms with E-state index < -0.39 is 0 Å². The van der Waals surface area contributed by atoms with Gasteiger partial charge in [0.05, 0.1) is 0 Å². The quantitative estimate of drug-likeness (QED) is 0.798. The van der Waals surface area contributed by atoms with Crippen molar-refractivity contribution in [2.45, 2.75) is 44.7 Å². The van der Waals surface area contributed by atoms with Gasteiger partial charge in [-0.1, -0.05) is 30.3 Å². The SMILES string of the molecule is CNC(CCCc1ccccc1)C(C)(C)N(C)C. The molecule has 0 saturated carbocycles. The summed E-state index contributed by atoms with van der Waals surface area (Å²) in [7, 11) is 6.38. The average Bonchev–Trinajstić information content (AvgIpc) is 2.35. The molecule has 0 saturated heterocycles. The number of aryl methyl sites for hydroxylation is 1. The maximum Gasteiger partial charge on any atom is 0.0300 e. The summed E-state index contributed by atoms with van der Waals surface area (Å²) in [6, 6.07) is 11.3. The molecule has 0 heterocycles. The Bertz CT molecular complexity index is 330. The van der Waals surface area contributed by atoms with Gasteiger partial charge in [0.2, 0.25) is 0 Å². The van der Waals surface area contributed by atoms with Gasteiger partial charge in [-0.05, 0) is 59.8 Å². The summed E-state index contributed by atoms with van der Waals surface area (Å²) in [5.74, 6) is 0. The summed E-state index contributed by atoms with van der Waals surface area (Å²) >= 11 is 0. The van der Waals surface area contributed by atoms with Crippen molar-refractivity contribution in [2.24, 2.45) is 0 Å². The van der Waals surface area contributed by atoms with Gasteiger partial charge in [0.1, 0.15) is 0 Å². The number of nitrogens with zero attached hydrogens (tertiary/aromatic N) is 1. The predicted molar refractivity (Wildman–Crippen MR) is 80.0 cm³/mol. The first-order valence-corrected chi connectivity index (χ1v) is 6.87. The molecule has 0 aliphatic heterocycles. The molecule has 0 spiro atoms. The molecule has 1 rings (SSSR count). The van der Waals surface area contributed by atoms with Crippen LogP contribution in [0.4, 0.5) is 0 Å². The number of nitrogens with one attached hydrogen (secondary N) is 1. The molecule has 0 radical (unpaired) electrons. The number of hydrogen-bond donors (Lipinski definition) is 1. The molecule has 1 N–H and O–H groups in total. The van der Waals surface area contributed by atoms with E-state index in [1.54, 1.807) is 0 Å². The molecule has 0 aliphatic carbocycles. The van der Waals surface area contributed by atoms with Crippen molar-refractivity contribution in [1.82, 2.24) is 10.2 Å². The first kappa shape index (κ1) is 15.2. The van der Waals surface area contributed by atoms with Crippen LogP contribution in [-0.4, -0.2) is 37.6 Å². The van der Waals surface area contributed by atoms with Crippen LogP contribution in [-0.2, 0) is 6.42 Å². The zero-order valence-electron chi connectivity index (χ0n) is 12.5. The summed E-state index contributed by atoms with van der Waals surface area (Å²) in [6.45, 7) is 4.60. The Hall–Kier alpha value is -0.860. The monoisotopic (exact) mass is 248 g/mol. The highest BCUT2D eigenvalue weighted by atomic mass is 15.2. The molecular weight excluding hydrogens is 220 g/mol. The largest absolute Gasteiger partial charge is 0.315 e. The summed E-state index contributed by atoms with van der Waals surface area (Å²) in [5, 5.41) is 3.47. The summed E-state index contributed by atoms with van der Waals surface area (Å²) in [6.07, 6.45) is 3.60. The summed E-state index contributed by atoms with van der Waals surface area (Å²) in [5.41, 5.74) is 1.63. The third-order valence-corrected chi connectivity index (χ3v) is 4.15. The van der Waals surface area contributed by atoms with E-state index in [1.807, 2.05) is 0 Å². The zero-order valence-corrected chi connectivity index (χ0v) is 12.5. The molecule has 0 amide bonds. The first-order valence-electron chi connectivity index (χ1n) is 6.87. The van der Waals surface area contributed by atoms with Crippen LogP contribution in [0.2, 0.25) is 0 Å². The van der Waals surface area contributed by atoms with Crippen LogP contribution in [0.5, 0.6) is 0 Å². The van der Waals surface area contributed by atoms with Gasteiger partial charge in [-0.2, -0.15) is 0 Å². The minimum absolute atomic E-state index is 0.186. The van der Waals surface area contributed by atoms with E-state index in [0.29, 0.717) is 6.04 Å². The standard InChI is InChI=1S/C16H28N2/c1-16(2,18(4)5)15(17-3)13-9-12-14-10-7-6-8-11-14/h6-8,10-11,15,17H,9,12-13H2,1-5H3. The Balaban J connectivity index is 2.46. The van der Waals surface area contributed by atoms with E-state index >= 15 is 0 Å². The molecule has 1 aromatic rings. The fourth-order valence-corrected chi connectivity index (χ4v) is 2.32. The average molecular weight is 248 g/mol. The highest BCUT2D eigenvalue weighted by molar-refractivity contribution is 5.14. The van der Waals surface area contributed by atoms with Gasteiger partial charge in [0.15, 0.2) is 0 Å². The topological polar surface area (TPSA) is 15.3 Å². The molecule has 0 bridgehead atoms. The highest BCUT2D eigenvalue weighted by Gasteiger charge is 2.29. The Morgan fingerprint density at radius 2 is 1.78 bits per heavy atom. The van der Waals surface area contributed by atoms with Crippen molar-refractivity contribution in [3.8, 4) is 0 Å². The normalized spacial score (nSPS) is 13.9. The van der Waals surface area contributed by atoms with Gasteiger partial charge in [0, 0.05) is 11.6 Å². The molecule has 2 heteroatoms. The lowest BCUT2D eigenvalue weighted by atomic mass is 9.89. The van der Waals surface area contributed by atoms with Crippen LogP contribution >= 0.6 is 0 Å². The van der Waals surface area contributed by atoms with Gasteiger partial charge in [-0.15, -0.1) is 0 Å². The Morgan fingerprint density at radius 3 is 2.28 bits per heavy atom. The number of benzene rings is 1. The van der Waals surface area contributed by atoms with Gasteiger partial charge in [-0.25, -0.2) is 0 Å². The third kappa shape index (κ3) is 4.11. The fraction of sp³-hybridized carbons (Fsp3) is 0.625. The summed E-state index contributed by atoms with van der Waals surface area (Å²) < 4.78 is 0. The number of likely N-dealkylation sites (N-methyl/N-ethyl adjacent to an activating group) is 2. The van der Waals surface area contributed by atoms with E-state index in [2.05, 4.69) is 75.5 Å². The summed E-state index contributed by atoms with van der Waals surface area (Å²) in [4.78, 5) is 2.30. The van der Waals surface area contributed by atoms with E-state index in [0.717, 1.165) is 0 Å². The van der Waals surface area contributed by atoms with E-state index in [9.17, 15) is 0 Å². The van der Waals surface area contributed by atoms with Crippen LogP contribution < -0.4 is 5.32 Å². The van der Waals surface area contributed by atoms with Gasteiger partial charge >= 0.3 is 0 Å². The lowest BCUT2D eigenvalue weighted by Crippen LogP contribution is -2.54. The van der Waals surface area contributed by atoms with E-state index in [1.165, 1.54) is 24.8 Å². The van der Waals surface area contributed by atoms with E-state index in [-0.39, 0.29) is 5.54 Å². The van der Waals surface area contributed by atoms with Crippen molar-refractivity contribution in [2.75, 3.05) is 21.1 Å². The van der Waals surface area contributed by atoms with Crippen molar-refractivity contribution in [3.63, 3.8) is 0 Å². The molecule has 2 nitrogen and oxygen atoms in total. The molecule has 0 aromatic heterocycles. The maximum absolute atomic E-state index is 3.47. The molecule has 18 heavy (non-hydrogen) atoms. The fourth-order valence-electron chi connectivity index (χ4n) is 2.32. The second-order valence-electron chi connectivity index (χ2n) is 5.77. The van der Waals surface area contributed by atoms with Crippen LogP contribution in [0.25, 0.3) is 0 Å². The minimum Gasteiger partial charge on any atom is -0.315 e. The molecule has 1 unspecified atom stereocenters. The molecule has 1 aromatic carbocycles. The van der Waals surface area contributed by atoms with Crippen LogP contribution in [0.1, 0.15) is 32.3 Å². The highest BCUT2D eigenvalue weighted by Crippen LogP contribution is 2.20. The van der Waals surface area contributed by atoms with Crippen molar-refractivity contribution >= 4 is 0 Å². The van der Waals surface area contributed by atoms with Gasteiger partial charge in [-0.3, -0.25) is 0 Å². The second-order valence-corrected chi connectivity index (χ2v) is 5.77. The Kier molecular flexibility index (Phi) is 5.83. The van der Waals surface area contributed by atoms with Crippen LogP contribution in [0.15, 0.2) is 30.3 Å². The van der Waals surface area contributed by atoms with Gasteiger partial charge in [0.25, 0.3) is 0 Å². The van der Waals surface area contributed by atoms with Crippen molar-refractivity contribution in [3.05, 3.63) is 35.9 Å². The van der Waals surface area contributed by atoms with Crippen LogP contribution in [0.3, 0.4) is 0 Å². The second kappa shape index (κ2) is 6.91. The molecule has 0 fully saturated rings. The van der Waals surface area contributed by atoms with Crippen molar-refractivity contribution < 1.29 is 0 Å². The van der Waals surface area contributed by atoms with E-state index in [4.69, 9.17) is 0 Å².